The fourth-order valence-electron chi connectivity index (χ4n) is 1.28. The van der Waals surface area contributed by atoms with Gasteiger partial charge in [-0.2, -0.15) is 0 Å². The molecule has 2 nitrogen and oxygen atoms in total. The molecule has 0 atom stereocenters. The SMILES string of the molecule is c1ccc(C2COPOC2)cc1. The Morgan fingerprint density at radius 1 is 1.08 bits per heavy atom. The fraction of sp³-hybridized carbons (Fsp3) is 0.333. The van der Waals surface area contributed by atoms with Crippen LogP contribution in [-0.2, 0) is 9.05 Å². The van der Waals surface area contributed by atoms with Crippen LogP contribution in [-0.4, -0.2) is 13.2 Å². The first kappa shape index (κ1) is 8.18. The van der Waals surface area contributed by atoms with Crippen molar-refractivity contribution in [3.05, 3.63) is 35.9 Å². The molecule has 12 heavy (non-hydrogen) atoms. The van der Waals surface area contributed by atoms with Gasteiger partial charge in [-0.3, -0.25) is 0 Å². The van der Waals surface area contributed by atoms with E-state index in [4.69, 9.17) is 9.05 Å². The van der Waals surface area contributed by atoms with Crippen LogP contribution in [0.1, 0.15) is 11.5 Å². The Balaban J connectivity index is 2.08. The minimum Gasteiger partial charge on any atom is -0.336 e. The highest BCUT2D eigenvalue weighted by Crippen LogP contribution is 2.28. The summed E-state index contributed by atoms with van der Waals surface area (Å²) in [7, 11) is 0.233. The molecule has 0 saturated carbocycles. The summed E-state index contributed by atoms with van der Waals surface area (Å²) >= 11 is 0. The van der Waals surface area contributed by atoms with Crippen LogP contribution in [0.5, 0.6) is 0 Å². The molecule has 0 aliphatic carbocycles. The lowest BCUT2D eigenvalue weighted by Crippen LogP contribution is -2.14. The molecule has 1 aliphatic rings. The summed E-state index contributed by atoms with van der Waals surface area (Å²) in [6.45, 7) is 1.59. The third kappa shape index (κ3) is 1.84. The van der Waals surface area contributed by atoms with Gasteiger partial charge in [-0.05, 0) is 5.56 Å². The lowest BCUT2D eigenvalue weighted by Gasteiger charge is -2.21. The van der Waals surface area contributed by atoms with Crippen LogP contribution in [0, 0.1) is 0 Å². The predicted molar refractivity (Wildman–Crippen MR) is 49.4 cm³/mol. The zero-order valence-electron chi connectivity index (χ0n) is 6.69. The average molecular weight is 182 g/mol. The molecule has 0 aromatic heterocycles. The topological polar surface area (TPSA) is 18.5 Å². The zero-order valence-corrected chi connectivity index (χ0v) is 7.69. The number of hydrogen-bond acceptors (Lipinski definition) is 2. The van der Waals surface area contributed by atoms with Crippen molar-refractivity contribution in [2.45, 2.75) is 5.92 Å². The molecular formula is C9H11O2P. The van der Waals surface area contributed by atoms with Gasteiger partial charge in [0.15, 0.2) is 9.03 Å². The summed E-state index contributed by atoms with van der Waals surface area (Å²) in [5.74, 6) is 0.424. The summed E-state index contributed by atoms with van der Waals surface area (Å²) in [5, 5.41) is 0. The highest BCUT2D eigenvalue weighted by molar-refractivity contribution is 7.26. The van der Waals surface area contributed by atoms with Gasteiger partial charge >= 0.3 is 0 Å². The minimum absolute atomic E-state index is 0.233. The molecule has 1 aromatic carbocycles. The highest BCUT2D eigenvalue weighted by atomic mass is 31.1. The Hall–Kier alpha value is -0.430. The van der Waals surface area contributed by atoms with Crippen LogP contribution in [0.3, 0.4) is 0 Å². The van der Waals surface area contributed by atoms with E-state index in [0.29, 0.717) is 5.92 Å². The van der Waals surface area contributed by atoms with Gasteiger partial charge in [0.1, 0.15) is 0 Å². The molecule has 2 rings (SSSR count). The largest absolute Gasteiger partial charge is 0.336 e. The van der Waals surface area contributed by atoms with E-state index >= 15 is 0 Å². The number of rotatable bonds is 1. The summed E-state index contributed by atoms with van der Waals surface area (Å²) in [6, 6.07) is 10.4. The van der Waals surface area contributed by atoms with Crippen LogP contribution in [0.4, 0.5) is 0 Å². The maximum absolute atomic E-state index is 5.24. The molecule has 1 aromatic rings. The van der Waals surface area contributed by atoms with E-state index < -0.39 is 0 Å². The van der Waals surface area contributed by atoms with Gasteiger partial charge < -0.3 is 9.05 Å². The van der Waals surface area contributed by atoms with E-state index in [9.17, 15) is 0 Å². The molecule has 3 heteroatoms. The van der Waals surface area contributed by atoms with Crippen LogP contribution in [0.25, 0.3) is 0 Å². The summed E-state index contributed by atoms with van der Waals surface area (Å²) < 4.78 is 10.5. The van der Waals surface area contributed by atoms with E-state index in [1.807, 2.05) is 18.2 Å². The molecule has 0 unspecified atom stereocenters. The normalized spacial score (nSPS) is 25.8. The van der Waals surface area contributed by atoms with Crippen LogP contribution in [0.15, 0.2) is 30.3 Å². The molecule has 0 spiro atoms. The van der Waals surface area contributed by atoms with E-state index in [2.05, 4.69) is 12.1 Å². The molecule has 1 saturated heterocycles. The van der Waals surface area contributed by atoms with Gasteiger partial charge in [0.2, 0.25) is 0 Å². The van der Waals surface area contributed by atoms with E-state index in [0.717, 1.165) is 13.2 Å². The summed E-state index contributed by atoms with van der Waals surface area (Å²) in [6.07, 6.45) is 0. The second kappa shape index (κ2) is 3.99. The second-order valence-electron chi connectivity index (χ2n) is 2.81. The van der Waals surface area contributed by atoms with Gasteiger partial charge in [0.25, 0.3) is 0 Å². The fourth-order valence-corrected chi connectivity index (χ4v) is 1.90. The van der Waals surface area contributed by atoms with Gasteiger partial charge in [-0.25, -0.2) is 0 Å². The summed E-state index contributed by atoms with van der Waals surface area (Å²) in [4.78, 5) is 0. The molecule has 0 amide bonds. The molecule has 1 fully saturated rings. The van der Waals surface area contributed by atoms with E-state index in [1.165, 1.54) is 5.56 Å². The van der Waals surface area contributed by atoms with Crippen molar-refractivity contribution < 1.29 is 9.05 Å². The maximum Gasteiger partial charge on any atom is 0.155 e. The number of benzene rings is 1. The van der Waals surface area contributed by atoms with Gasteiger partial charge in [-0.15, -0.1) is 0 Å². The van der Waals surface area contributed by atoms with Crippen molar-refractivity contribution in [3.8, 4) is 0 Å². The Bertz CT molecular complexity index is 232. The molecule has 64 valence electrons. The second-order valence-corrected chi connectivity index (χ2v) is 3.56. The molecule has 1 heterocycles. The minimum atomic E-state index is 0.233. The molecule has 1 aliphatic heterocycles. The lowest BCUT2D eigenvalue weighted by molar-refractivity contribution is 0.171. The zero-order chi connectivity index (χ0) is 8.23. The van der Waals surface area contributed by atoms with E-state index in [-0.39, 0.29) is 9.03 Å². The average Bonchev–Trinajstić information content (AvgIpc) is 2.21. The van der Waals surface area contributed by atoms with Crippen molar-refractivity contribution in [1.29, 1.82) is 0 Å². The Kier molecular flexibility index (Phi) is 2.72. The number of hydrogen-bond donors (Lipinski definition) is 0. The van der Waals surface area contributed by atoms with Crippen LogP contribution in [0.2, 0.25) is 0 Å². The maximum atomic E-state index is 5.24. The third-order valence-corrected chi connectivity index (χ3v) is 2.53. The lowest BCUT2D eigenvalue weighted by atomic mass is 10.0. The Labute approximate surface area is 73.8 Å². The van der Waals surface area contributed by atoms with Gasteiger partial charge in [0.05, 0.1) is 13.2 Å². The van der Waals surface area contributed by atoms with Gasteiger partial charge in [-0.1, -0.05) is 30.3 Å². The van der Waals surface area contributed by atoms with Crippen molar-refractivity contribution in [2.75, 3.05) is 13.2 Å². The Morgan fingerprint density at radius 3 is 2.42 bits per heavy atom. The van der Waals surface area contributed by atoms with Gasteiger partial charge in [0, 0.05) is 5.92 Å². The first-order valence-electron chi connectivity index (χ1n) is 4.00. The van der Waals surface area contributed by atoms with E-state index in [1.54, 1.807) is 0 Å². The molecule has 0 radical (unpaired) electrons. The van der Waals surface area contributed by atoms with Crippen molar-refractivity contribution in [3.63, 3.8) is 0 Å². The van der Waals surface area contributed by atoms with Crippen LogP contribution < -0.4 is 0 Å². The molecular weight excluding hydrogens is 171 g/mol. The standard InChI is InChI=1S/C9H11O2P/c1-2-4-8(5-3-1)9-6-10-12-11-7-9/h1-5,9,12H,6-7H2. The Morgan fingerprint density at radius 2 is 1.75 bits per heavy atom. The van der Waals surface area contributed by atoms with Crippen molar-refractivity contribution >= 4 is 9.03 Å². The predicted octanol–water partition coefficient (Wildman–Crippen LogP) is 2.33. The molecule has 0 N–H and O–H groups in total. The smallest absolute Gasteiger partial charge is 0.155 e. The third-order valence-electron chi connectivity index (χ3n) is 1.96. The monoisotopic (exact) mass is 182 g/mol. The quantitative estimate of drug-likeness (QED) is 0.620. The molecule has 0 bridgehead atoms. The highest BCUT2D eigenvalue weighted by Gasteiger charge is 2.15. The van der Waals surface area contributed by atoms with Crippen LogP contribution >= 0.6 is 9.03 Å². The first-order valence-corrected chi connectivity index (χ1v) is 4.82. The summed E-state index contributed by atoms with van der Waals surface area (Å²) in [5.41, 5.74) is 1.31. The van der Waals surface area contributed by atoms with Crippen molar-refractivity contribution in [1.82, 2.24) is 0 Å². The first-order chi connectivity index (χ1) is 5.97. The van der Waals surface area contributed by atoms with Crippen molar-refractivity contribution in [2.24, 2.45) is 0 Å².